The number of hydrogen-bond donors (Lipinski definition) is 0. The molecular formula is C13H13BrO2S. The Morgan fingerprint density at radius 2 is 2.29 bits per heavy atom. The Morgan fingerprint density at radius 3 is 3.06 bits per heavy atom. The van der Waals surface area contributed by atoms with Crippen LogP contribution in [0.3, 0.4) is 0 Å². The van der Waals surface area contributed by atoms with Gasteiger partial charge in [0.1, 0.15) is 4.83 Å². The molecule has 1 aromatic heterocycles. The largest absolute Gasteiger partial charge is 0.465 e. The summed E-state index contributed by atoms with van der Waals surface area (Å²) in [6.07, 6.45) is 0.657. The van der Waals surface area contributed by atoms with E-state index < -0.39 is 0 Å². The van der Waals surface area contributed by atoms with Gasteiger partial charge in [-0.2, -0.15) is 0 Å². The second-order valence-corrected chi connectivity index (χ2v) is 5.77. The van der Waals surface area contributed by atoms with Gasteiger partial charge in [-0.3, -0.25) is 4.79 Å². The molecule has 1 aromatic carbocycles. The monoisotopic (exact) mass is 312 g/mol. The fourth-order valence-corrected chi connectivity index (χ4v) is 2.94. The number of rotatable bonds is 4. The van der Waals surface area contributed by atoms with Gasteiger partial charge < -0.3 is 4.74 Å². The lowest BCUT2D eigenvalue weighted by molar-refractivity contribution is -0.142. The number of thiophene rings is 1. The summed E-state index contributed by atoms with van der Waals surface area (Å²) < 4.78 is 6.24. The van der Waals surface area contributed by atoms with E-state index in [-0.39, 0.29) is 10.8 Å². The van der Waals surface area contributed by atoms with E-state index in [0.717, 1.165) is 5.56 Å². The van der Waals surface area contributed by atoms with Gasteiger partial charge in [0.2, 0.25) is 0 Å². The van der Waals surface area contributed by atoms with Crippen LogP contribution >= 0.6 is 27.3 Å². The molecule has 0 N–H and O–H groups in total. The number of benzene rings is 1. The van der Waals surface area contributed by atoms with E-state index in [1.807, 2.05) is 6.92 Å². The zero-order valence-electron chi connectivity index (χ0n) is 9.48. The minimum Gasteiger partial charge on any atom is -0.465 e. The van der Waals surface area contributed by atoms with Gasteiger partial charge in [-0.25, -0.2) is 0 Å². The summed E-state index contributed by atoms with van der Waals surface area (Å²) in [6, 6.07) is 8.38. The maximum Gasteiger partial charge on any atom is 0.320 e. The number of ether oxygens (including phenoxy) is 1. The Kier molecular flexibility index (Phi) is 4.18. The normalized spacial score (nSPS) is 12.6. The van der Waals surface area contributed by atoms with Crippen molar-refractivity contribution >= 4 is 43.3 Å². The third-order valence-corrected chi connectivity index (χ3v) is 4.07. The quantitative estimate of drug-likeness (QED) is 0.634. The predicted molar refractivity (Wildman–Crippen MR) is 74.9 cm³/mol. The number of carbonyl (C=O) groups excluding carboxylic acids is 1. The van der Waals surface area contributed by atoms with Crippen molar-refractivity contribution in [3.05, 3.63) is 35.2 Å². The Morgan fingerprint density at radius 1 is 1.47 bits per heavy atom. The third kappa shape index (κ3) is 3.07. The summed E-state index contributed by atoms with van der Waals surface area (Å²) in [5.74, 6) is -0.196. The molecule has 2 nitrogen and oxygen atoms in total. The minimum absolute atomic E-state index is 0.196. The van der Waals surface area contributed by atoms with Crippen LogP contribution in [-0.2, 0) is 16.0 Å². The van der Waals surface area contributed by atoms with Crippen LogP contribution < -0.4 is 0 Å². The highest BCUT2D eigenvalue weighted by molar-refractivity contribution is 9.10. The number of halogens is 1. The molecule has 0 aliphatic carbocycles. The Labute approximate surface area is 113 Å². The third-order valence-electron chi connectivity index (χ3n) is 2.47. The van der Waals surface area contributed by atoms with Gasteiger partial charge in [-0.05, 0) is 41.8 Å². The van der Waals surface area contributed by atoms with Gasteiger partial charge in [0.05, 0.1) is 6.61 Å². The second-order valence-electron chi connectivity index (χ2n) is 3.72. The van der Waals surface area contributed by atoms with E-state index in [1.165, 1.54) is 10.1 Å². The number of fused-ring (bicyclic) bond motifs is 1. The van der Waals surface area contributed by atoms with Crippen molar-refractivity contribution in [1.29, 1.82) is 0 Å². The lowest BCUT2D eigenvalue weighted by Gasteiger charge is -2.08. The molecule has 0 radical (unpaired) electrons. The van der Waals surface area contributed by atoms with Crippen molar-refractivity contribution in [2.24, 2.45) is 0 Å². The van der Waals surface area contributed by atoms with E-state index in [4.69, 9.17) is 4.74 Å². The lowest BCUT2D eigenvalue weighted by atomic mass is 10.1. The molecule has 4 heteroatoms. The van der Waals surface area contributed by atoms with E-state index in [2.05, 4.69) is 45.6 Å². The molecule has 1 heterocycles. The molecule has 90 valence electrons. The average molecular weight is 313 g/mol. The molecule has 0 aliphatic rings. The van der Waals surface area contributed by atoms with E-state index in [1.54, 1.807) is 11.3 Å². The summed E-state index contributed by atoms with van der Waals surface area (Å²) in [4.78, 5) is 11.2. The van der Waals surface area contributed by atoms with Crippen molar-refractivity contribution in [2.45, 2.75) is 18.2 Å². The number of hydrogen-bond acceptors (Lipinski definition) is 3. The standard InChI is InChI=1S/C13H13BrO2S/c1-2-16-13(15)11(14)8-9-3-4-12-10(7-9)5-6-17-12/h3-7,11H,2,8H2,1H3. The topological polar surface area (TPSA) is 26.3 Å². The summed E-state index contributed by atoms with van der Waals surface area (Å²) in [7, 11) is 0. The fraction of sp³-hybridized carbons (Fsp3) is 0.308. The maximum atomic E-state index is 11.5. The fourth-order valence-electron chi connectivity index (χ4n) is 1.67. The first-order chi connectivity index (χ1) is 8.20. The molecule has 17 heavy (non-hydrogen) atoms. The maximum absolute atomic E-state index is 11.5. The van der Waals surface area contributed by atoms with Gasteiger partial charge in [-0.15, -0.1) is 11.3 Å². The second kappa shape index (κ2) is 5.65. The van der Waals surface area contributed by atoms with E-state index in [0.29, 0.717) is 13.0 Å². The first-order valence-electron chi connectivity index (χ1n) is 5.47. The van der Waals surface area contributed by atoms with Gasteiger partial charge in [0.25, 0.3) is 0 Å². The van der Waals surface area contributed by atoms with E-state index >= 15 is 0 Å². The number of esters is 1. The zero-order chi connectivity index (χ0) is 12.3. The first kappa shape index (κ1) is 12.6. The highest BCUT2D eigenvalue weighted by Gasteiger charge is 2.16. The zero-order valence-corrected chi connectivity index (χ0v) is 11.9. The Bertz CT molecular complexity index is 521. The molecule has 0 aliphatic heterocycles. The van der Waals surface area contributed by atoms with Crippen molar-refractivity contribution in [2.75, 3.05) is 6.61 Å². The van der Waals surface area contributed by atoms with Crippen molar-refractivity contribution in [3.8, 4) is 0 Å². The molecule has 2 aromatic rings. The van der Waals surface area contributed by atoms with Gasteiger partial charge in [0.15, 0.2) is 0 Å². The first-order valence-corrected chi connectivity index (χ1v) is 7.27. The number of carbonyl (C=O) groups is 1. The summed E-state index contributed by atoms with van der Waals surface area (Å²) in [5.41, 5.74) is 1.14. The molecule has 1 atom stereocenters. The lowest BCUT2D eigenvalue weighted by Crippen LogP contribution is -2.19. The van der Waals surface area contributed by atoms with Crippen LogP contribution in [0.25, 0.3) is 10.1 Å². The summed E-state index contributed by atoms with van der Waals surface area (Å²) >= 11 is 5.09. The smallest absolute Gasteiger partial charge is 0.320 e. The van der Waals surface area contributed by atoms with Crippen LogP contribution in [0.2, 0.25) is 0 Å². The molecule has 1 unspecified atom stereocenters. The van der Waals surface area contributed by atoms with Crippen molar-refractivity contribution < 1.29 is 9.53 Å². The molecule has 0 bridgehead atoms. The molecule has 0 fully saturated rings. The van der Waals surface area contributed by atoms with Crippen LogP contribution in [0.15, 0.2) is 29.6 Å². The van der Waals surface area contributed by atoms with Gasteiger partial charge in [-0.1, -0.05) is 28.1 Å². The van der Waals surface area contributed by atoms with E-state index in [9.17, 15) is 4.79 Å². The molecule has 2 rings (SSSR count). The van der Waals surface area contributed by atoms with Gasteiger partial charge >= 0.3 is 5.97 Å². The Hall–Kier alpha value is -0.870. The minimum atomic E-state index is -0.265. The SMILES string of the molecule is CCOC(=O)C(Br)Cc1ccc2sccc2c1. The highest BCUT2D eigenvalue weighted by Crippen LogP contribution is 2.23. The predicted octanol–water partition coefficient (Wildman–Crippen LogP) is 3.77. The van der Waals surface area contributed by atoms with Crippen LogP contribution in [-0.4, -0.2) is 17.4 Å². The van der Waals surface area contributed by atoms with Crippen molar-refractivity contribution in [3.63, 3.8) is 0 Å². The van der Waals surface area contributed by atoms with Crippen LogP contribution in [0.4, 0.5) is 0 Å². The summed E-state index contributed by atoms with van der Waals surface area (Å²) in [6.45, 7) is 2.24. The van der Waals surface area contributed by atoms with Crippen LogP contribution in [0, 0.1) is 0 Å². The average Bonchev–Trinajstić information content (AvgIpc) is 2.76. The van der Waals surface area contributed by atoms with Crippen LogP contribution in [0.1, 0.15) is 12.5 Å². The summed E-state index contributed by atoms with van der Waals surface area (Å²) in [5, 5.41) is 3.31. The highest BCUT2D eigenvalue weighted by atomic mass is 79.9. The van der Waals surface area contributed by atoms with Gasteiger partial charge in [0, 0.05) is 4.70 Å². The Balaban J connectivity index is 2.09. The van der Waals surface area contributed by atoms with Crippen molar-refractivity contribution in [1.82, 2.24) is 0 Å². The molecular weight excluding hydrogens is 300 g/mol. The number of alkyl halides is 1. The molecule has 0 saturated carbocycles. The molecule has 0 saturated heterocycles. The van der Waals surface area contributed by atoms with Crippen LogP contribution in [0.5, 0.6) is 0 Å². The molecule has 0 amide bonds. The molecule has 0 spiro atoms.